The lowest BCUT2D eigenvalue weighted by atomic mass is 10.1. The molecule has 0 aromatic rings. The fourth-order valence-electron chi connectivity index (χ4n) is 1.31. The van der Waals surface area contributed by atoms with Gasteiger partial charge in [0.15, 0.2) is 0 Å². The molecule has 1 rings (SSSR count). The zero-order valence-electron chi connectivity index (χ0n) is 7.90. The minimum Gasteiger partial charge on any atom is -0.391 e. The van der Waals surface area contributed by atoms with Gasteiger partial charge in [-0.1, -0.05) is 0 Å². The van der Waals surface area contributed by atoms with Gasteiger partial charge in [0.1, 0.15) is 0 Å². The molecular formula is C7H16N2O3S. The summed E-state index contributed by atoms with van der Waals surface area (Å²) < 4.78 is 24.0. The number of aliphatic hydroxyl groups excluding tert-OH is 1. The van der Waals surface area contributed by atoms with Gasteiger partial charge in [-0.05, 0) is 0 Å². The second kappa shape index (κ2) is 3.91. The lowest BCUT2D eigenvalue weighted by Gasteiger charge is -2.16. The van der Waals surface area contributed by atoms with Crippen LogP contribution >= 0.6 is 0 Å². The minimum atomic E-state index is -3.18. The van der Waals surface area contributed by atoms with Crippen molar-refractivity contribution in [3.8, 4) is 0 Å². The zero-order valence-corrected chi connectivity index (χ0v) is 8.71. The van der Waals surface area contributed by atoms with Crippen LogP contribution in [0, 0.1) is 5.92 Å². The van der Waals surface area contributed by atoms with Gasteiger partial charge in [0, 0.05) is 33.1 Å². The number of hydrogen-bond acceptors (Lipinski definition) is 4. The Labute approximate surface area is 78.8 Å². The van der Waals surface area contributed by atoms with Crippen LogP contribution in [0.5, 0.6) is 0 Å². The Morgan fingerprint density at radius 1 is 1.46 bits per heavy atom. The molecular weight excluding hydrogens is 192 g/mol. The van der Waals surface area contributed by atoms with Gasteiger partial charge in [0.25, 0.3) is 0 Å². The molecule has 13 heavy (non-hydrogen) atoms. The smallest absolute Gasteiger partial charge is 0.214 e. The van der Waals surface area contributed by atoms with Crippen LogP contribution in [-0.2, 0) is 10.0 Å². The van der Waals surface area contributed by atoms with Crippen molar-refractivity contribution < 1.29 is 13.5 Å². The molecule has 0 bridgehead atoms. The standard InChI is InChI=1S/C7H16N2O3S/c1-9(2)13(11,12)5-6-3-8-4-7(6)10/h6-8,10H,3-5H2,1-2H3/t6-,7-/m0/s1. The Kier molecular flexibility index (Phi) is 3.28. The summed E-state index contributed by atoms with van der Waals surface area (Å²) in [7, 11) is -0.173. The second-order valence-corrected chi connectivity index (χ2v) is 5.77. The summed E-state index contributed by atoms with van der Waals surface area (Å²) in [6, 6.07) is 0. The molecule has 0 radical (unpaired) electrons. The van der Waals surface area contributed by atoms with Crippen molar-refractivity contribution in [3.63, 3.8) is 0 Å². The summed E-state index contributed by atoms with van der Waals surface area (Å²) in [6.45, 7) is 1.07. The molecule has 1 heterocycles. The largest absolute Gasteiger partial charge is 0.391 e. The van der Waals surface area contributed by atoms with Gasteiger partial charge in [0.2, 0.25) is 10.0 Å². The van der Waals surface area contributed by atoms with Crippen molar-refractivity contribution in [2.75, 3.05) is 32.9 Å². The van der Waals surface area contributed by atoms with E-state index in [1.165, 1.54) is 18.4 Å². The molecule has 2 N–H and O–H groups in total. The SMILES string of the molecule is CN(C)S(=O)(=O)C[C@@H]1CNC[C@@H]1O. The van der Waals surface area contributed by atoms with Crippen LogP contribution in [-0.4, -0.2) is 56.9 Å². The van der Waals surface area contributed by atoms with Crippen molar-refractivity contribution in [2.24, 2.45) is 5.92 Å². The maximum atomic E-state index is 11.4. The highest BCUT2D eigenvalue weighted by Crippen LogP contribution is 2.12. The normalized spacial score (nSPS) is 29.8. The van der Waals surface area contributed by atoms with E-state index in [1.54, 1.807) is 0 Å². The third kappa shape index (κ3) is 2.63. The van der Waals surface area contributed by atoms with Crippen LogP contribution in [0.2, 0.25) is 0 Å². The van der Waals surface area contributed by atoms with Crippen molar-refractivity contribution in [1.29, 1.82) is 0 Å². The third-order valence-corrected chi connectivity index (χ3v) is 4.25. The van der Waals surface area contributed by atoms with E-state index in [1.807, 2.05) is 0 Å². The molecule has 1 aliphatic heterocycles. The Balaban J connectivity index is 2.58. The van der Waals surface area contributed by atoms with Crippen LogP contribution < -0.4 is 5.32 Å². The number of hydrogen-bond donors (Lipinski definition) is 2. The topological polar surface area (TPSA) is 69.6 Å². The van der Waals surface area contributed by atoms with E-state index >= 15 is 0 Å². The number of nitrogens with zero attached hydrogens (tertiary/aromatic N) is 1. The first-order valence-electron chi connectivity index (χ1n) is 4.22. The molecule has 0 aromatic heterocycles. The average Bonchev–Trinajstić information content (AvgIpc) is 2.35. The third-order valence-electron chi connectivity index (χ3n) is 2.29. The quantitative estimate of drug-likeness (QED) is 0.589. The number of sulfonamides is 1. The summed E-state index contributed by atoms with van der Waals surface area (Å²) in [5.41, 5.74) is 0. The van der Waals surface area contributed by atoms with Gasteiger partial charge in [0.05, 0.1) is 11.9 Å². The molecule has 6 heteroatoms. The summed E-state index contributed by atoms with van der Waals surface area (Å²) >= 11 is 0. The van der Waals surface area contributed by atoms with E-state index in [4.69, 9.17) is 0 Å². The Morgan fingerprint density at radius 2 is 2.08 bits per heavy atom. The van der Waals surface area contributed by atoms with Gasteiger partial charge in [-0.15, -0.1) is 0 Å². The van der Waals surface area contributed by atoms with E-state index in [0.29, 0.717) is 13.1 Å². The van der Waals surface area contributed by atoms with Crippen LogP contribution in [0.4, 0.5) is 0 Å². The van der Waals surface area contributed by atoms with Crippen LogP contribution in [0.15, 0.2) is 0 Å². The number of rotatable bonds is 3. The van der Waals surface area contributed by atoms with Gasteiger partial charge < -0.3 is 10.4 Å². The lowest BCUT2D eigenvalue weighted by molar-refractivity contribution is 0.157. The number of β-amino-alcohol motifs (C(OH)–C–C–N with tert-alkyl or cyclic N) is 1. The molecule has 2 atom stereocenters. The zero-order chi connectivity index (χ0) is 10.1. The van der Waals surface area contributed by atoms with Crippen LogP contribution in [0.1, 0.15) is 0 Å². The minimum absolute atomic E-state index is 0.0220. The van der Waals surface area contributed by atoms with Crippen molar-refractivity contribution in [2.45, 2.75) is 6.10 Å². The summed E-state index contributed by atoms with van der Waals surface area (Å²) in [6.07, 6.45) is -0.533. The predicted octanol–water partition coefficient (Wildman–Crippen LogP) is -1.54. The highest BCUT2D eigenvalue weighted by atomic mass is 32.2. The molecule has 5 nitrogen and oxygen atoms in total. The van der Waals surface area contributed by atoms with Crippen molar-refractivity contribution in [1.82, 2.24) is 9.62 Å². The van der Waals surface area contributed by atoms with Gasteiger partial charge in [-0.25, -0.2) is 12.7 Å². The van der Waals surface area contributed by atoms with Gasteiger partial charge in [-0.2, -0.15) is 0 Å². The van der Waals surface area contributed by atoms with E-state index in [2.05, 4.69) is 5.32 Å². The molecule has 0 unspecified atom stereocenters. The highest BCUT2D eigenvalue weighted by molar-refractivity contribution is 7.89. The Morgan fingerprint density at radius 3 is 2.46 bits per heavy atom. The molecule has 1 fully saturated rings. The number of aliphatic hydroxyl groups is 1. The summed E-state index contributed by atoms with van der Waals surface area (Å²) in [4.78, 5) is 0. The second-order valence-electron chi connectivity index (χ2n) is 3.55. The predicted molar refractivity (Wildman–Crippen MR) is 49.8 cm³/mol. The molecule has 78 valence electrons. The lowest BCUT2D eigenvalue weighted by Crippen LogP contribution is -2.33. The summed E-state index contributed by atoms with van der Waals surface area (Å²) in [5, 5.41) is 12.3. The van der Waals surface area contributed by atoms with E-state index in [-0.39, 0.29) is 11.7 Å². The van der Waals surface area contributed by atoms with E-state index < -0.39 is 16.1 Å². The Hall–Kier alpha value is -0.170. The van der Waals surface area contributed by atoms with Gasteiger partial charge in [-0.3, -0.25) is 0 Å². The molecule has 1 aliphatic rings. The maximum absolute atomic E-state index is 11.4. The van der Waals surface area contributed by atoms with Crippen LogP contribution in [0.3, 0.4) is 0 Å². The molecule has 1 saturated heterocycles. The molecule has 0 spiro atoms. The Bertz CT molecular complexity index is 263. The van der Waals surface area contributed by atoms with Crippen molar-refractivity contribution >= 4 is 10.0 Å². The first kappa shape index (κ1) is 10.9. The van der Waals surface area contributed by atoms with Crippen molar-refractivity contribution in [3.05, 3.63) is 0 Å². The summed E-state index contributed by atoms with van der Waals surface area (Å²) in [5.74, 6) is -0.152. The van der Waals surface area contributed by atoms with Crippen LogP contribution in [0.25, 0.3) is 0 Å². The van der Waals surface area contributed by atoms with E-state index in [9.17, 15) is 13.5 Å². The average molecular weight is 208 g/mol. The highest BCUT2D eigenvalue weighted by Gasteiger charge is 2.30. The molecule has 0 aromatic carbocycles. The van der Waals surface area contributed by atoms with E-state index in [0.717, 1.165) is 0 Å². The molecule has 0 aliphatic carbocycles. The number of nitrogens with one attached hydrogen (secondary N) is 1. The maximum Gasteiger partial charge on any atom is 0.214 e. The fourth-order valence-corrected chi connectivity index (χ4v) is 2.49. The first-order chi connectivity index (χ1) is 5.93. The molecule has 0 amide bonds. The van der Waals surface area contributed by atoms with Gasteiger partial charge >= 0.3 is 0 Å². The molecule has 0 saturated carbocycles. The first-order valence-corrected chi connectivity index (χ1v) is 5.83. The fraction of sp³-hybridized carbons (Fsp3) is 1.00. The monoisotopic (exact) mass is 208 g/mol.